The summed E-state index contributed by atoms with van der Waals surface area (Å²) in [5.41, 5.74) is 2.61. The average molecular weight is 276 g/mol. The SMILES string of the molecule is COc1ccc(C)cc1CN1CCNCC1CC(C)C. The summed E-state index contributed by atoms with van der Waals surface area (Å²) in [7, 11) is 1.76. The highest BCUT2D eigenvalue weighted by Gasteiger charge is 2.23. The maximum Gasteiger partial charge on any atom is 0.123 e. The highest BCUT2D eigenvalue weighted by atomic mass is 16.5. The standard InChI is InChI=1S/C17H28N2O/c1-13(2)9-16-11-18-7-8-19(16)12-15-10-14(3)5-6-17(15)20-4/h5-6,10,13,16,18H,7-9,11-12H2,1-4H3. The lowest BCUT2D eigenvalue weighted by Gasteiger charge is -2.37. The van der Waals surface area contributed by atoms with Gasteiger partial charge in [0.05, 0.1) is 7.11 Å². The number of nitrogens with one attached hydrogen (secondary N) is 1. The molecular formula is C17H28N2O. The summed E-state index contributed by atoms with van der Waals surface area (Å²) in [5.74, 6) is 1.75. The minimum atomic E-state index is 0.633. The van der Waals surface area contributed by atoms with Gasteiger partial charge in [0.25, 0.3) is 0 Å². The van der Waals surface area contributed by atoms with Crippen molar-refractivity contribution in [2.24, 2.45) is 5.92 Å². The first kappa shape index (κ1) is 15.3. The van der Waals surface area contributed by atoms with E-state index in [1.807, 2.05) is 0 Å². The zero-order valence-electron chi connectivity index (χ0n) is 13.3. The second-order valence-electron chi connectivity index (χ2n) is 6.27. The lowest BCUT2D eigenvalue weighted by atomic mass is 9.99. The largest absolute Gasteiger partial charge is 0.496 e. The molecule has 1 aliphatic heterocycles. The van der Waals surface area contributed by atoms with E-state index in [0.29, 0.717) is 6.04 Å². The first-order chi connectivity index (χ1) is 9.60. The summed E-state index contributed by atoms with van der Waals surface area (Å²) in [6.07, 6.45) is 1.25. The normalized spacial score (nSPS) is 20.4. The Bertz CT molecular complexity index is 431. The Balaban J connectivity index is 2.11. The van der Waals surface area contributed by atoms with Crippen molar-refractivity contribution >= 4 is 0 Å². The summed E-state index contributed by atoms with van der Waals surface area (Å²) in [6.45, 7) is 11.1. The van der Waals surface area contributed by atoms with Crippen molar-refractivity contribution in [3.05, 3.63) is 29.3 Å². The van der Waals surface area contributed by atoms with Crippen LogP contribution in [0.5, 0.6) is 5.75 Å². The third kappa shape index (κ3) is 3.97. The van der Waals surface area contributed by atoms with Crippen molar-refractivity contribution in [1.82, 2.24) is 10.2 Å². The summed E-state index contributed by atoms with van der Waals surface area (Å²) < 4.78 is 5.52. The molecule has 1 aromatic rings. The third-order valence-electron chi connectivity index (χ3n) is 4.02. The molecule has 1 aliphatic rings. The quantitative estimate of drug-likeness (QED) is 0.895. The predicted octanol–water partition coefficient (Wildman–Crippen LogP) is 2.82. The van der Waals surface area contributed by atoms with Gasteiger partial charge >= 0.3 is 0 Å². The number of methoxy groups -OCH3 is 1. The summed E-state index contributed by atoms with van der Waals surface area (Å²) in [4.78, 5) is 2.60. The van der Waals surface area contributed by atoms with E-state index in [4.69, 9.17) is 4.74 Å². The molecule has 1 saturated heterocycles. The molecule has 0 radical (unpaired) electrons. The van der Waals surface area contributed by atoms with Crippen molar-refractivity contribution in [3.8, 4) is 5.75 Å². The fraction of sp³-hybridized carbons (Fsp3) is 0.647. The van der Waals surface area contributed by atoms with Crippen LogP contribution in [0.2, 0.25) is 0 Å². The molecule has 1 atom stereocenters. The highest BCUT2D eigenvalue weighted by molar-refractivity contribution is 5.36. The topological polar surface area (TPSA) is 24.5 Å². The van der Waals surface area contributed by atoms with Crippen molar-refractivity contribution in [1.29, 1.82) is 0 Å². The van der Waals surface area contributed by atoms with E-state index in [1.54, 1.807) is 7.11 Å². The van der Waals surface area contributed by atoms with Gasteiger partial charge in [-0.25, -0.2) is 0 Å². The van der Waals surface area contributed by atoms with Crippen LogP contribution in [0.4, 0.5) is 0 Å². The Morgan fingerprint density at radius 2 is 2.20 bits per heavy atom. The number of benzene rings is 1. The van der Waals surface area contributed by atoms with Gasteiger partial charge < -0.3 is 10.1 Å². The average Bonchev–Trinajstić information content (AvgIpc) is 2.41. The smallest absolute Gasteiger partial charge is 0.123 e. The van der Waals surface area contributed by atoms with Crippen LogP contribution in [0, 0.1) is 12.8 Å². The second kappa shape index (κ2) is 7.09. The van der Waals surface area contributed by atoms with Gasteiger partial charge in [0.2, 0.25) is 0 Å². The number of piperazine rings is 1. The predicted molar refractivity (Wildman–Crippen MR) is 84.3 cm³/mol. The molecule has 0 bridgehead atoms. The minimum Gasteiger partial charge on any atom is -0.496 e. The van der Waals surface area contributed by atoms with E-state index in [1.165, 1.54) is 17.5 Å². The molecule has 1 N–H and O–H groups in total. The second-order valence-corrected chi connectivity index (χ2v) is 6.27. The molecule has 0 aliphatic carbocycles. The fourth-order valence-corrected chi connectivity index (χ4v) is 3.04. The maximum absolute atomic E-state index is 5.52. The number of ether oxygens (including phenoxy) is 1. The van der Waals surface area contributed by atoms with E-state index >= 15 is 0 Å². The van der Waals surface area contributed by atoms with E-state index < -0.39 is 0 Å². The van der Waals surface area contributed by atoms with Crippen molar-refractivity contribution in [2.75, 3.05) is 26.7 Å². The van der Waals surface area contributed by atoms with Crippen LogP contribution in [0.25, 0.3) is 0 Å². The molecule has 3 heteroatoms. The van der Waals surface area contributed by atoms with Gasteiger partial charge in [0, 0.05) is 37.8 Å². The third-order valence-corrected chi connectivity index (χ3v) is 4.02. The fourth-order valence-electron chi connectivity index (χ4n) is 3.04. The van der Waals surface area contributed by atoms with E-state index in [2.05, 4.69) is 49.2 Å². The van der Waals surface area contributed by atoms with Crippen LogP contribution in [0.1, 0.15) is 31.4 Å². The molecule has 0 saturated carbocycles. The zero-order chi connectivity index (χ0) is 14.5. The van der Waals surface area contributed by atoms with Gasteiger partial charge in [0.1, 0.15) is 5.75 Å². The maximum atomic E-state index is 5.52. The molecule has 3 nitrogen and oxygen atoms in total. The molecule has 0 amide bonds. The number of nitrogens with zero attached hydrogens (tertiary/aromatic N) is 1. The zero-order valence-corrected chi connectivity index (χ0v) is 13.3. The number of rotatable bonds is 5. The Morgan fingerprint density at radius 1 is 1.40 bits per heavy atom. The molecule has 0 aromatic heterocycles. The first-order valence-electron chi connectivity index (χ1n) is 7.68. The molecule has 112 valence electrons. The van der Waals surface area contributed by atoms with Crippen molar-refractivity contribution in [3.63, 3.8) is 0 Å². The summed E-state index contributed by atoms with van der Waals surface area (Å²) >= 11 is 0. The monoisotopic (exact) mass is 276 g/mol. The lowest BCUT2D eigenvalue weighted by molar-refractivity contribution is 0.133. The van der Waals surface area contributed by atoms with E-state index in [9.17, 15) is 0 Å². The van der Waals surface area contributed by atoms with Gasteiger partial charge in [-0.2, -0.15) is 0 Å². The Morgan fingerprint density at radius 3 is 2.90 bits per heavy atom. The van der Waals surface area contributed by atoms with Crippen LogP contribution in [-0.2, 0) is 6.54 Å². The Labute approximate surface area is 123 Å². The Kier molecular flexibility index (Phi) is 5.44. The molecular weight excluding hydrogens is 248 g/mol. The molecule has 1 fully saturated rings. The summed E-state index contributed by atoms with van der Waals surface area (Å²) in [5, 5.41) is 3.52. The molecule has 1 unspecified atom stereocenters. The van der Waals surface area contributed by atoms with Gasteiger partial charge in [0.15, 0.2) is 0 Å². The summed E-state index contributed by atoms with van der Waals surface area (Å²) in [6, 6.07) is 7.09. The van der Waals surface area contributed by atoms with Gasteiger partial charge in [-0.1, -0.05) is 31.5 Å². The van der Waals surface area contributed by atoms with Gasteiger partial charge in [-0.3, -0.25) is 4.90 Å². The number of aryl methyl sites for hydroxylation is 1. The van der Waals surface area contributed by atoms with Crippen molar-refractivity contribution < 1.29 is 4.74 Å². The van der Waals surface area contributed by atoms with E-state index in [-0.39, 0.29) is 0 Å². The molecule has 1 aromatic carbocycles. The molecule has 20 heavy (non-hydrogen) atoms. The van der Waals surface area contributed by atoms with Gasteiger partial charge in [-0.15, -0.1) is 0 Å². The minimum absolute atomic E-state index is 0.633. The van der Waals surface area contributed by atoms with Crippen LogP contribution in [0.3, 0.4) is 0 Å². The highest BCUT2D eigenvalue weighted by Crippen LogP contribution is 2.24. The number of hydrogen-bond donors (Lipinski definition) is 1. The molecule has 2 rings (SSSR count). The number of hydrogen-bond acceptors (Lipinski definition) is 3. The first-order valence-corrected chi connectivity index (χ1v) is 7.68. The molecule has 1 heterocycles. The Hall–Kier alpha value is -1.06. The molecule has 0 spiro atoms. The lowest BCUT2D eigenvalue weighted by Crippen LogP contribution is -2.51. The van der Waals surface area contributed by atoms with Crippen molar-refractivity contribution in [2.45, 2.75) is 39.8 Å². The van der Waals surface area contributed by atoms with Gasteiger partial charge in [-0.05, 0) is 25.3 Å². The van der Waals surface area contributed by atoms with Crippen LogP contribution < -0.4 is 10.1 Å². The van der Waals surface area contributed by atoms with Crippen LogP contribution in [0.15, 0.2) is 18.2 Å². The van der Waals surface area contributed by atoms with Crippen LogP contribution >= 0.6 is 0 Å². The van der Waals surface area contributed by atoms with E-state index in [0.717, 1.165) is 37.8 Å². The van der Waals surface area contributed by atoms with Crippen LogP contribution in [-0.4, -0.2) is 37.7 Å².